The molecule has 1 aromatic carbocycles. The molecule has 152 valence electrons. The Morgan fingerprint density at radius 3 is 2.62 bits per heavy atom. The maximum atomic E-state index is 12.5. The van der Waals surface area contributed by atoms with Gasteiger partial charge in [-0.25, -0.2) is 18.4 Å². The van der Waals surface area contributed by atoms with Crippen LogP contribution in [0, 0.1) is 0 Å². The molecule has 4 rings (SSSR count). The zero-order valence-corrected chi connectivity index (χ0v) is 17.3. The molecule has 1 aliphatic rings. The van der Waals surface area contributed by atoms with Gasteiger partial charge in [-0.1, -0.05) is 6.42 Å². The number of hydrogen-bond acceptors (Lipinski definition) is 6. The van der Waals surface area contributed by atoms with E-state index in [9.17, 15) is 13.2 Å². The van der Waals surface area contributed by atoms with E-state index in [1.807, 2.05) is 0 Å². The first-order valence-corrected chi connectivity index (χ1v) is 11.5. The fraction of sp³-hybridized carbons (Fsp3) is 0.381. The lowest BCUT2D eigenvalue weighted by Gasteiger charge is -2.25. The Labute approximate surface area is 169 Å². The molecule has 0 radical (unpaired) electrons. The number of pyridine rings is 1. The minimum Gasteiger partial charge on any atom is -0.490 e. The van der Waals surface area contributed by atoms with Gasteiger partial charge in [0.05, 0.1) is 21.9 Å². The summed E-state index contributed by atoms with van der Waals surface area (Å²) in [5.74, 6) is 0.600. The van der Waals surface area contributed by atoms with Gasteiger partial charge in [0.1, 0.15) is 12.1 Å². The lowest BCUT2D eigenvalue weighted by molar-refractivity contribution is 0.155. The van der Waals surface area contributed by atoms with Crippen LogP contribution in [-0.4, -0.2) is 35.3 Å². The van der Waals surface area contributed by atoms with Crippen molar-refractivity contribution in [3.05, 3.63) is 47.3 Å². The second-order valence-corrected chi connectivity index (χ2v) is 9.57. The number of rotatable bonds is 4. The van der Waals surface area contributed by atoms with Crippen molar-refractivity contribution < 1.29 is 13.2 Å². The van der Waals surface area contributed by atoms with Crippen LogP contribution < -0.4 is 10.3 Å². The van der Waals surface area contributed by atoms with E-state index in [2.05, 4.69) is 9.97 Å². The first-order chi connectivity index (χ1) is 13.8. The summed E-state index contributed by atoms with van der Waals surface area (Å²) >= 11 is 0. The van der Waals surface area contributed by atoms with Crippen LogP contribution in [0.25, 0.3) is 22.0 Å². The Kier molecular flexibility index (Phi) is 5.12. The molecule has 1 fully saturated rings. The average molecular weight is 413 g/mol. The van der Waals surface area contributed by atoms with Crippen LogP contribution in [0.4, 0.5) is 0 Å². The van der Waals surface area contributed by atoms with Gasteiger partial charge in [-0.2, -0.15) is 0 Å². The van der Waals surface area contributed by atoms with Crippen LogP contribution in [0.15, 0.2) is 46.6 Å². The molecule has 0 N–H and O–H groups in total. The number of benzene rings is 1. The third-order valence-electron chi connectivity index (χ3n) is 5.36. The minimum absolute atomic E-state index is 0.0972. The van der Waals surface area contributed by atoms with Crippen LogP contribution in [0.5, 0.6) is 5.75 Å². The van der Waals surface area contributed by atoms with Crippen LogP contribution in [0.1, 0.15) is 32.1 Å². The van der Waals surface area contributed by atoms with E-state index in [1.165, 1.54) is 29.8 Å². The molecule has 0 unspecified atom stereocenters. The minimum atomic E-state index is -3.41. The highest BCUT2D eigenvalue weighted by Gasteiger charge is 2.21. The predicted molar refractivity (Wildman–Crippen MR) is 111 cm³/mol. The van der Waals surface area contributed by atoms with E-state index in [4.69, 9.17) is 4.74 Å². The zero-order chi connectivity index (χ0) is 20.6. The standard InChI is InChI=1S/C21H23N3O4S/c1-24-12-18(20-17(21(24)25)11-22-13-23-20)16-10-15(29(2,26)27)8-9-19(16)28-14-6-4-3-5-7-14/h8-14H,3-7H2,1-2H3. The smallest absolute Gasteiger partial charge is 0.261 e. The molecule has 2 aromatic heterocycles. The number of ether oxygens (including phenoxy) is 1. The maximum absolute atomic E-state index is 12.5. The predicted octanol–water partition coefficient (Wildman–Crippen LogP) is 3.11. The first kappa shape index (κ1) is 19.6. The first-order valence-electron chi connectivity index (χ1n) is 9.65. The SMILES string of the molecule is Cn1cc(-c2cc(S(C)(=O)=O)ccc2OC2CCCCC2)c2ncncc2c1=O. The Balaban J connectivity index is 1.94. The lowest BCUT2D eigenvalue weighted by Crippen LogP contribution is -2.20. The van der Waals surface area contributed by atoms with Crippen molar-refractivity contribution in [3.63, 3.8) is 0 Å². The molecule has 0 spiro atoms. The number of nitrogens with zero attached hydrogens (tertiary/aromatic N) is 3. The largest absolute Gasteiger partial charge is 0.490 e. The molecule has 3 aromatic rings. The second kappa shape index (κ2) is 7.59. The van der Waals surface area contributed by atoms with Crippen LogP contribution in [0.2, 0.25) is 0 Å². The van der Waals surface area contributed by atoms with Crippen molar-refractivity contribution in [2.75, 3.05) is 6.26 Å². The summed E-state index contributed by atoms with van der Waals surface area (Å²) in [5, 5.41) is 0.376. The monoisotopic (exact) mass is 413 g/mol. The topological polar surface area (TPSA) is 91.2 Å². The molecule has 1 saturated carbocycles. The number of aromatic nitrogens is 3. The molecule has 0 saturated heterocycles. The molecular formula is C21H23N3O4S. The second-order valence-electron chi connectivity index (χ2n) is 7.55. The fourth-order valence-electron chi connectivity index (χ4n) is 3.82. The molecule has 1 aliphatic carbocycles. The van der Waals surface area contributed by atoms with Crippen LogP contribution in [-0.2, 0) is 16.9 Å². The van der Waals surface area contributed by atoms with E-state index in [-0.39, 0.29) is 16.6 Å². The molecule has 0 bridgehead atoms. The van der Waals surface area contributed by atoms with Gasteiger partial charge in [-0.3, -0.25) is 4.79 Å². The van der Waals surface area contributed by atoms with E-state index >= 15 is 0 Å². The van der Waals surface area contributed by atoms with Gasteiger partial charge in [0.15, 0.2) is 9.84 Å². The van der Waals surface area contributed by atoms with Gasteiger partial charge in [0.2, 0.25) is 0 Å². The summed E-state index contributed by atoms with van der Waals surface area (Å²) in [4.78, 5) is 21.0. The highest BCUT2D eigenvalue weighted by atomic mass is 32.2. The summed E-state index contributed by atoms with van der Waals surface area (Å²) in [6, 6.07) is 4.88. The third-order valence-corrected chi connectivity index (χ3v) is 6.47. The quantitative estimate of drug-likeness (QED) is 0.653. The molecule has 2 heterocycles. The van der Waals surface area contributed by atoms with Crippen molar-refractivity contribution in [2.45, 2.75) is 43.1 Å². The Hall–Kier alpha value is -2.74. The Morgan fingerprint density at radius 1 is 1.14 bits per heavy atom. The van der Waals surface area contributed by atoms with Crippen molar-refractivity contribution in [1.82, 2.24) is 14.5 Å². The Bertz CT molecular complexity index is 1230. The molecule has 0 atom stereocenters. The summed E-state index contributed by atoms with van der Waals surface area (Å²) in [6.45, 7) is 0. The lowest BCUT2D eigenvalue weighted by atomic mass is 9.97. The van der Waals surface area contributed by atoms with Crippen molar-refractivity contribution in [2.24, 2.45) is 7.05 Å². The number of aryl methyl sites for hydroxylation is 1. The molecule has 29 heavy (non-hydrogen) atoms. The van der Waals surface area contributed by atoms with Gasteiger partial charge < -0.3 is 9.30 Å². The van der Waals surface area contributed by atoms with Crippen LogP contribution in [0.3, 0.4) is 0 Å². The van der Waals surface area contributed by atoms with Crippen molar-refractivity contribution in [3.8, 4) is 16.9 Å². The molecular weight excluding hydrogens is 390 g/mol. The molecule has 8 heteroatoms. The van der Waals surface area contributed by atoms with E-state index in [0.717, 1.165) is 25.7 Å². The van der Waals surface area contributed by atoms with E-state index in [1.54, 1.807) is 31.4 Å². The normalized spacial score (nSPS) is 15.5. The molecule has 7 nitrogen and oxygen atoms in total. The summed E-state index contributed by atoms with van der Waals surface area (Å²) < 4.78 is 32.1. The number of fused-ring (bicyclic) bond motifs is 1. The number of hydrogen-bond donors (Lipinski definition) is 0. The number of sulfone groups is 1. The average Bonchev–Trinajstić information content (AvgIpc) is 2.71. The van der Waals surface area contributed by atoms with Gasteiger partial charge in [-0.15, -0.1) is 0 Å². The highest BCUT2D eigenvalue weighted by molar-refractivity contribution is 7.90. The maximum Gasteiger partial charge on any atom is 0.261 e. The summed E-state index contributed by atoms with van der Waals surface area (Å²) in [7, 11) is -1.76. The highest BCUT2D eigenvalue weighted by Crippen LogP contribution is 2.37. The fourth-order valence-corrected chi connectivity index (χ4v) is 4.46. The van der Waals surface area contributed by atoms with E-state index in [0.29, 0.717) is 27.8 Å². The molecule has 0 aliphatic heterocycles. The van der Waals surface area contributed by atoms with Gasteiger partial charge in [-0.05, 0) is 43.9 Å². The van der Waals surface area contributed by atoms with Crippen LogP contribution >= 0.6 is 0 Å². The van der Waals surface area contributed by atoms with Crippen molar-refractivity contribution in [1.29, 1.82) is 0 Å². The summed E-state index contributed by atoms with van der Waals surface area (Å²) in [5.41, 5.74) is 1.51. The van der Waals surface area contributed by atoms with Gasteiger partial charge in [0.25, 0.3) is 5.56 Å². The summed E-state index contributed by atoms with van der Waals surface area (Å²) in [6.07, 6.45) is 11.2. The molecule has 0 amide bonds. The van der Waals surface area contributed by atoms with Gasteiger partial charge >= 0.3 is 0 Å². The van der Waals surface area contributed by atoms with E-state index < -0.39 is 9.84 Å². The third kappa shape index (κ3) is 3.89. The Morgan fingerprint density at radius 2 is 1.90 bits per heavy atom. The zero-order valence-electron chi connectivity index (χ0n) is 16.5. The van der Waals surface area contributed by atoms with Crippen molar-refractivity contribution >= 4 is 20.7 Å². The van der Waals surface area contributed by atoms with Gasteiger partial charge in [0, 0.05) is 36.8 Å².